The van der Waals surface area contributed by atoms with Crippen LogP contribution < -0.4 is 4.74 Å². The van der Waals surface area contributed by atoms with Gasteiger partial charge >= 0.3 is 0 Å². The van der Waals surface area contributed by atoms with E-state index in [1.54, 1.807) is 22.5 Å². The van der Waals surface area contributed by atoms with E-state index < -0.39 is 9.84 Å². The van der Waals surface area contributed by atoms with E-state index in [1.165, 1.54) is 17.6 Å². The Balaban J connectivity index is 1.53. The van der Waals surface area contributed by atoms with Crippen LogP contribution in [0.15, 0.2) is 35.2 Å². The molecule has 2 heterocycles. The van der Waals surface area contributed by atoms with Crippen molar-refractivity contribution in [3.05, 3.63) is 46.4 Å². The first-order valence-electron chi connectivity index (χ1n) is 8.70. The van der Waals surface area contributed by atoms with Crippen molar-refractivity contribution in [3.63, 3.8) is 0 Å². The van der Waals surface area contributed by atoms with Crippen LogP contribution in [0.5, 0.6) is 5.75 Å². The van der Waals surface area contributed by atoms with E-state index in [-0.39, 0.29) is 11.7 Å². The molecule has 1 aliphatic rings. The van der Waals surface area contributed by atoms with Gasteiger partial charge in [-0.05, 0) is 18.2 Å². The van der Waals surface area contributed by atoms with E-state index in [1.807, 2.05) is 17.5 Å². The van der Waals surface area contributed by atoms with Crippen LogP contribution in [0.4, 0.5) is 0 Å². The molecule has 1 aliphatic heterocycles. The predicted octanol–water partition coefficient (Wildman–Crippen LogP) is 1.52. The summed E-state index contributed by atoms with van der Waals surface area (Å²) < 4.78 is 28.3. The molecule has 0 bridgehead atoms. The Morgan fingerprint density at radius 3 is 2.70 bits per heavy atom. The number of aromatic nitrogens is 1. The molecule has 0 N–H and O–H groups in total. The molecule has 1 aromatic carbocycles. The van der Waals surface area contributed by atoms with Crippen molar-refractivity contribution < 1.29 is 17.9 Å². The highest BCUT2D eigenvalue weighted by atomic mass is 32.2. The maximum atomic E-state index is 12.8. The third kappa shape index (κ3) is 6.02. The number of sulfone groups is 1. The lowest BCUT2D eigenvalue weighted by molar-refractivity contribution is 0.0643. The van der Waals surface area contributed by atoms with Gasteiger partial charge in [0.25, 0.3) is 5.91 Å². The Morgan fingerprint density at radius 2 is 2.04 bits per heavy atom. The lowest BCUT2D eigenvalue weighted by Gasteiger charge is -2.34. The Kier molecular flexibility index (Phi) is 6.46. The van der Waals surface area contributed by atoms with Gasteiger partial charge in [-0.25, -0.2) is 13.4 Å². The molecule has 0 aliphatic carbocycles. The van der Waals surface area contributed by atoms with Crippen LogP contribution in [0.1, 0.15) is 16.1 Å². The fourth-order valence-corrected chi connectivity index (χ4v) is 3.97. The normalized spacial score (nSPS) is 15.7. The standard InChI is InChI=1S/C18H23N3O4S2/c1-27(23,24)10-9-20-5-7-21(8-6-20)18(22)15-3-2-4-17(11-15)25-12-16-13-26-14-19-16/h2-4,11,13-14H,5-10,12H2,1H3. The molecule has 0 spiro atoms. The second-order valence-electron chi connectivity index (χ2n) is 6.56. The first-order valence-corrected chi connectivity index (χ1v) is 11.7. The second kappa shape index (κ2) is 8.81. The Morgan fingerprint density at radius 1 is 1.26 bits per heavy atom. The fourth-order valence-electron chi connectivity index (χ4n) is 2.84. The third-order valence-corrected chi connectivity index (χ3v) is 5.95. The summed E-state index contributed by atoms with van der Waals surface area (Å²) in [6, 6.07) is 7.18. The zero-order chi connectivity index (χ0) is 19.3. The van der Waals surface area contributed by atoms with Crippen molar-refractivity contribution in [2.75, 3.05) is 44.7 Å². The Labute approximate surface area is 163 Å². The van der Waals surface area contributed by atoms with Crippen LogP contribution in [0.2, 0.25) is 0 Å². The van der Waals surface area contributed by atoms with Gasteiger partial charge in [-0.2, -0.15) is 0 Å². The molecular weight excluding hydrogens is 386 g/mol. The van der Waals surface area contributed by atoms with Gasteiger partial charge in [-0.1, -0.05) is 6.07 Å². The molecule has 146 valence electrons. The van der Waals surface area contributed by atoms with Gasteiger partial charge in [0.1, 0.15) is 22.2 Å². The van der Waals surface area contributed by atoms with E-state index in [9.17, 15) is 13.2 Å². The summed E-state index contributed by atoms with van der Waals surface area (Å²) in [7, 11) is -2.96. The molecule has 9 heteroatoms. The summed E-state index contributed by atoms with van der Waals surface area (Å²) in [6.07, 6.45) is 1.25. The van der Waals surface area contributed by atoms with Gasteiger partial charge in [0, 0.05) is 49.9 Å². The summed E-state index contributed by atoms with van der Waals surface area (Å²) in [5, 5.41) is 1.93. The first kappa shape index (κ1) is 19.8. The largest absolute Gasteiger partial charge is 0.487 e. The van der Waals surface area contributed by atoms with Crippen molar-refractivity contribution in [2.24, 2.45) is 0 Å². The lowest BCUT2D eigenvalue weighted by atomic mass is 10.1. The topological polar surface area (TPSA) is 79.8 Å². The molecular formula is C18H23N3O4S2. The first-order chi connectivity index (χ1) is 12.9. The Hall–Kier alpha value is -1.97. The molecule has 1 aromatic heterocycles. The van der Waals surface area contributed by atoms with Gasteiger partial charge < -0.3 is 9.64 Å². The van der Waals surface area contributed by atoms with E-state index in [0.717, 1.165) is 5.69 Å². The number of thiazole rings is 1. The second-order valence-corrected chi connectivity index (χ2v) is 9.54. The minimum atomic E-state index is -2.96. The van der Waals surface area contributed by atoms with Gasteiger partial charge in [-0.15, -0.1) is 11.3 Å². The number of carbonyl (C=O) groups excluding carboxylic acids is 1. The Bertz CT molecular complexity index is 860. The number of benzene rings is 1. The molecule has 0 unspecified atom stereocenters. The van der Waals surface area contributed by atoms with Gasteiger partial charge in [0.15, 0.2) is 0 Å². The number of hydrogen-bond donors (Lipinski definition) is 0. The highest BCUT2D eigenvalue weighted by Crippen LogP contribution is 2.17. The molecule has 0 atom stereocenters. The molecule has 1 saturated heterocycles. The molecule has 2 aromatic rings. The highest BCUT2D eigenvalue weighted by Gasteiger charge is 2.22. The molecule has 3 rings (SSSR count). The van der Waals surface area contributed by atoms with E-state index in [0.29, 0.717) is 50.6 Å². The zero-order valence-electron chi connectivity index (χ0n) is 15.2. The van der Waals surface area contributed by atoms with Crippen LogP contribution in [0, 0.1) is 0 Å². The average Bonchev–Trinajstić information content (AvgIpc) is 3.18. The summed E-state index contributed by atoms with van der Waals surface area (Å²) in [5.41, 5.74) is 3.21. The maximum absolute atomic E-state index is 12.8. The van der Waals surface area contributed by atoms with E-state index in [4.69, 9.17) is 4.74 Å². The summed E-state index contributed by atoms with van der Waals surface area (Å²) in [5.74, 6) is 0.761. The van der Waals surface area contributed by atoms with Crippen molar-refractivity contribution in [2.45, 2.75) is 6.61 Å². The number of amides is 1. The van der Waals surface area contributed by atoms with E-state index >= 15 is 0 Å². The number of nitrogens with zero attached hydrogens (tertiary/aromatic N) is 3. The summed E-state index contributed by atoms with van der Waals surface area (Å²) >= 11 is 1.52. The molecule has 27 heavy (non-hydrogen) atoms. The van der Waals surface area contributed by atoms with Gasteiger partial charge in [0.05, 0.1) is 17.0 Å². The number of hydrogen-bond acceptors (Lipinski definition) is 7. The van der Waals surface area contributed by atoms with Crippen molar-refractivity contribution in [1.82, 2.24) is 14.8 Å². The van der Waals surface area contributed by atoms with Gasteiger partial charge in [0.2, 0.25) is 0 Å². The fraction of sp³-hybridized carbons (Fsp3) is 0.444. The average molecular weight is 410 g/mol. The SMILES string of the molecule is CS(=O)(=O)CCN1CCN(C(=O)c2cccc(OCc3cscn3)c2)CC1. The van der Waals surface area contributed by atoms with Crippen LogP contribution in [0.25, 0.3) is 0 Å². The van der Waals surface area contributed by atoms with E-state index in [2.05, 4.69) is 9.88 Å². The predicted molar refractivity (Wildman–Crippen MR) is 105 cm³/mol. The molecule has 1 amide bonds. The monoisotopic (exact) mass is 409 g/mol. The van der Waals surface area contributed by atoms with Crippen LogP contribution in [-0.2, 0) is 16.4 Å². The minimum Gasteiger partial charge on any atom is -0.487 e. The molecule has 0 saturated carbocycles. The molecule has 0 radical (unpaired) electrons. The van der Waals surface area contributed by atoms with Crippen molar-refractivity contribution in [1.29, 1.82) is 0 Å². The quantitative estimate of drug-likeness (QED) is 0.690. The smallest absolute Gasteiger partial charge is 0.254 e. The summed E-state index contributed by atoms with van der Waals surface area (Å²) in [4.78, 5) is 20.8. The van der Waals surface area contributed by atoms with Crippen LogP contribution in [-0.4, -0.2) is 73.8 Å². The minimum absolute atomic E-state index is 0.0307. The maximum Gasteiger partial charge on any atom is 0.254 e. The number of rotatable bonds is 7. The lowest BCUT2D eigenvalue weighted by Crippen LogP contribution is -2.49. The molecule has 7 nitrogen and oxygen atoms in total. The highest BCUT2D eigenvalue weighted by molar-refractivity contribution is 7.90. The molecule has 1 fully saturated rings. The van der Waals surface area contributed by atoms with Crippen LogP contribution >= 0.6 is 11.3 Å². The van der Waals surface area contributed by atoms with Crippen molar-refractivity contribution in [3.8, 4) is 5.75 Å². The van der Waals surface area contributed by atoms with Crippen LogP contribution in [0.3, 0.4) is 0 Å². The number of carbonyl (C=O) groups is 1. The number of ether oxygens (including phenoxy) is 1. The summed E-state index contributed by atoms with van der Waals surface area (Å²) in [6.45, 7) is 3.43. The number of piperazine rings is 1. The zero-order valence-corrected chi connectivity index (χ0v) is 16.8. The third-order valence-electron chi connectivity index (χ3n) is 4.39. The van der Waals surface area contributed by atoms with Gasteiger partial charge in [-0.3, -0.25) is 9.69 Å². The van der Waals surface area contributed by atoms with Crippen molar-refractivity contribution >= 4 is 27.1 Å².